The molecule has 0 radical (unpaired) electrons. The first-order valence-electron chi connectivity index (χ1n) is 9.84. The van der Waals surface area contributed by atoms with Crippen LogP contribution in [-0.4, -0.2) is 38.0 Å². The third-order valence-corrected chi connectivity index (χ3v) is 4.77. The number of ketones is 2. The monoisotopic (exact) mass is 434 g/mol. The zero-order valence-electron chi connectivity index (χ0n) is 18.3. The number of carbonyl (C=O) groups is 2. The molecule has 0 saturated carbocycles. The van der Waals surface area contributed by atoms with Crippen molar-refractivity contribution in [1.82, 2.24) is 0 Å². The van der Waals surface area contributed by atoms with Crippen LogP contribution in [-0.2, 0) is 16.2 Å². The van der Waals surface area contributed by atoms with E-state index in [0.717, 1.165) is 0 Å². The molecule has 0 spiro atoms. The predicted molar refractivity (Wildman–Crippen MR) is 123 cm³/mol. The molecule has 2 aromatic rings. The number of aliphatic hydroxyl groups is 1. The summed E-state index contributed by atoms with van der Waals surface area (Å²) in [6.45, 7) is -0.196. The lowest BCUT2D eigenvalue weighted by molar-refractivity contribution is -0.127. The number of hydrogen-bond acceptors (Lipinski definition) is 6. The van der Waals surface area contributed by atoms with E-state index in [1.54, 1.807) is 48.6 Å². The number of aliphatic hydroxyl groups excluding tert-OH is 1. The highest BCUT2D eigenvalue weighted by Crippen LogP contribution is 2.28. The van der Waals surface area contributed by atoms with E-state index in [1.165, 1.54) is 33.5 Å². The van der Waals surface area contributed by atoms with Gasteiger partial charge in [-0.2, -0.15) is 0 Å². The lowest BCUT2D eigenvalue weighted by Crippen LogP contribution is -2.20. The summed E-state index contributed by atoms with van der Waals surface area (Å²) in [5.41, 5.74) is 2.00. The molecule has 0 fully saturated rings. The molecule has 166 valence electrons. The highest BCUT2D eigenvalue weighted by molar-refractivity contribution is 6.13. The Labute approximate surface area is 188 Å². The van der Waals surface area contributed by atoms with Crippen molar-refractivity contribution in [3.8, 4) is 29.6 Å². The van der Waals surface area contributed by atoms with Crippen LogP contribution >= 0.6 is 0 Å². The van der Waals surface area contributed by atoms with Gasteiger partial charge in [-0.25, -0.2) is 0 Å². The number of ether oxygens (including phenoxy) is 3. The van der Waals surface area contributed by atoms with Gasteiger partial charge in [-0.1, -0.05) is 24.3 Å². The maximum absolute atomic E-state index is 12.7. The second kappa shape index (κ2) is 12.1. The standard InChI is InChI=1S/C26H26O6/c1-5-6-21(22(28)11-7-18-9-13-24(30-2)20(15-18)17-27)23(29)12-8-19-10-14-25(31-3)26(16-19)32-4/h1,7-16,21,27H,6,17H2,2-4H3. The van der Waals surface area contributed by atoms with Gasteiger partial charge in [-0.3, -0.25) is 9.59 Å². The number of rotatable bonds is 11. The number of carbonyl (C=O) groups excluding carboxylic acids is 2. The Morgan fingerprint density at radius 1 is 0.906 bits per heavy atom. The third-order valence-electron chi connectivity index (χ3n) is 4.77. The van der Waals surface area contributed by atoms with E-state index in [0.29, 0.717) is 33.9 Å². The molecule has 2 aromatic carbocycles. The summed E-state index contributed by atoms with van der Waals surface area (Å²) in [6.07, 6.45) is 11.2. The van der Waals surface area contributed by atoms with Gasteiger partial charge in [0.15, 0.2) is 23.1 Å². The average molecular weight is 434 g/mol. The summed E-state index contributed by atoms with van der Waals surface area (Å²) >= 11 is 0. The summed E-state index contributed by atoms with van der Waals surface area (Å²) in [5, 5.41) is 9.44. The van der Waals surface area contributed by atoms with Gasteiger partial charge in [0.25, 0.3) is 0 Å². The first-order valence-corrected chi connectivity index (χ1v) is 9.84. The summed E-state index contributed by atoms with van der Waals surface area (Å²) in [5.74, 6) is 2.28. The van der Waals surface area contributed by atoms with Crippen LogP contribution in [0.25, 0.3) is 12.2 Å². The normalized spacial score (nSPS) is 11.8. The van der Waals surface area contributed by atoms with E-state index in [4.69, 9.17) is 20.6 Å². The van der Waals surface area contributed by atoms with Crippen molar-refractivity contribution in [3.05, 3.63) is 65.2 Å². The van der Waals surface area contributed by atoms with Gasteiger partial charge >= 0.3 is 0 Å². The van der Waals surface area contributed by atoms with E-state index >= 15 is 0 Å². The molecule has 0 heterocycles. The van der Waals surface area contributed by atoms with Crippen LogP contribution in [0.15, 0.2) is 48.6 Å². The van der Waals surface area contributed by atoms with Gasteiger partial charge in [0.2, 0.25) is 0 Å². The van der Waals surface area contributed by atoms with Crippen LogP contribution in [0, 0.1) is 18.3 Å². The van der Waals surface area contributed by atoms with Gasteiger partial charge in [0.1, 0.15) is 5.75 Å². The quantitative estimate of drug-likeness (QED) is 0.330. The molecule has 1 unspecified atom stereocenters. The summed E-state index contributed by atoms with van der Waals surface area (Å²) in [7, 11) is 4.58. The molecule has 0 aliphatic heterocycles. The third kappa shape index (κ3) is 6.34. The fourth-order valence-electron chi connectivity index (χ4n) is 3.03. The van der Waals surface area contributed by atoms with Crippen molar-refractivity contribution >= 4 is 23.7 Å². The minimum absolute atomic E-state index is 0.0111. The second-order valence-corrected chi connectivity index (χ2v) is 6.78. The van der Waals surface area contributed by atoms with E-state index < -0.39 is 17.5 Å². The van der Waals surface area contributed by atoms with Crippen LogP contribution in [0.5, 0.6) is 17.2 Å². The van der Waals surface area contributed by atoms with Gasteiger partial charge in [0.05, 0.1) is 33.9 Å². The SMILES string of the molecule is C#CCC(C(=O)C=Cc1ccc(OC)c(CO)c1)C(=O)C=Cc1ccc(OC)c(OC)c1. The van der Waals surface area contributed by atoms with Gasteiger partial charge in [0, 0.05) is 12.0 Å². The Kier molecular flexibility index (Phi) is 9.27. The predicted octanol–water partition coefficient (Wildman–Crippen LogP) is 3.71. The molecule has 2 rings (SSSR count). The Bertz CT molecular complexity index is 981. The fourth-order valence-corrected chi connectivity index (χ4v) is 3.03. The smallest absolute Gasteiger partial charge is 0.167 e. The first-order chi connectivity index (χ1) is 15.5. The number of methoxy groups -OCH3 is 3. The van der Waals surface area contributed by atoms with Crippen LogP contribution < -0.4 is 14.2 Å². The van der Waals surface area contributed by atoms with Gasteiger partial charge in [-0.05, 0) is 47.5 Å². The van der Waals surface area contributed by atoms with Crippen molar-refractivity contribution in [2.24, 2.45) is 5.92 Å². The summed E-state index contributed by atoms with van der Waals surface area (Å²) in [6, 6.07) is 10.4. The minimum atomic E-state index is -0.983. The number of terminal acetylenes is 1. The lowest BCUT2D eigenvalue weighted by atomic mass is 9.94. The van der Waals surface area contributed by atoms with Gasteiger partial charge < -0.3 is 19.3 Å². The Balaban J connectivity index is 2.17. The van der Waals surface area contributed by atoms with E-state index in [-0.39, 0.29) is 13.0 Å². The molecule has 0 saturated heterocycles. The van der Waals surface area contributed by atoms with Crippen LogP contribution in [0.3, 0.4) is 0 Å². The highest BCUT2D eigenvalue weighted by Gasteiger charge is 2.21. The lowest BCUT2D eigenvalue weighted by Gasteiger charge is -2.09. The van der Waals surface area contributed by atoms with Crippen LogP contribution in [0.1, 0.15) is 23.1 Å². The zero-order valence-corrected chi connectivity index (χ0v) is 18.3. The fraction of sp³-hybridized carbons (Fsp3) is 0.231. The molecular weight excluding hydrogens is 408 g/mol. The van der Waals surface area contributed by atoms with Gasteiger partial charge in [-0.15, -0.1) is 12.3 Å². The van der Waals surface area contributed by atoms with Crippen LogP contribution in [0.4, 0.5) is 0 Å². The highest BCUT2D eigenvalue weighted by atomic mass is 16.5. The molecular formula is C26H26O6. The van der Waals surface area contributed by atoms with Crippen LogP contribution in [0.2, 0.25) is 0 Å². The molecule has 0 aliphatic rings. The van der Waals surface area contributed by atoms with E-state index in [2.05, 4.69) is 5.92 Å². The van der Waals surface area contributed by atoms with Crippen molar-refractivity contribution < 1.29 is 28.9 Å². The molecule has 0 bridgehead atoms. The Hall–Kier alpha value is -3.82. The minimum Gasteiger partial charge on any atom is -0.496 e. The molecule has 0 aromatic heterocycles. The molecule has 1 N–H and O–H groups in total. The molecule has 32 heavy (non-hydrogen) atoms. The molecule has 0 amide bonds. The van der Waals surface area contributed by atoms with Crippen molar-refractivity contribution in [2.75, 3.05) is 21.3 Å². The topological polar surface area (TPSA) is 82.1 Å². The first kappa shape index (κ1) is 24.4. The Morgan fingerprint density at radius 2 is 1.44 bits per heavy atom. The summed E-state index contributed by atoms with van der Waals surface area (Å²) in [4.78, 5) is 25.4. The zero-order chi connectivity index (χ0) is 23.5. The molecule has 1 atom stereocenters. The summed E-state index contributed by atoms with van der Waals surface area (Å²) < 4.78 is 15.6. The molecule has 6 nitrogen and oxygen atoms in total. The number of allylic oxidation sites excluding steroid dienone is 2. The second-order valence-electron chi connectivity index (χ2n) is 6.78. The number of benzene rings is 2. The average Bonchev–Trinajstić information content (AvgIpc) is 2.83. The van der Waals surface area contributed by atoms with Crippen molar-refractivity contribution in [2.45, 2.75) is 13.0 Å². The maximum atomic E-state index is 12.7. The van der Waals surface area contributed by atoms with Crippen molar-refractivity contribution in [3.63, 3.8) is 0 Å². The van der Waals surface area contributed by atoms with Crippen molar-refractivity contribution in [1.29, 1.82) is 0 Å². The number of hydrogen-bond donors (Lipinski definition) is 1. The largest absolute Gasteiger partial charge is 0.496 e. The molecule has 6 heteroatoms. The van der Waals surface area contributed by atoms with E-state index in [9.17, 15) is 14.7 Å². The Morgan fingerprint density at radius 3 is 1.94 bits per heavy atom. The molecule has 0 aliphatic carbocycles. The van der Waals surface area contributed by atoms with E-state index in [1.807, 2.05) is 0 Å². The maximum Gasteiger partial charge on any atom is 0.167 e.